The number of carbonyl (C=O) groups is 1. The fraction of sp³-hybridized carbons (Fsp3) is 0.500. The molecule has 0 saturated heterocycles. The lowest BCUT2D eigenvalue weighted by atomic mass is 10.2. The number of thiophene rings is 1. The van der Waals surface area contributed by atoms with E-state index in [0.29, 0.717) is 33.1 Å². The van der Waals surface area contributed by atoms with Crippen molar-refractivity contribution in [2.75, 3.05) is 0 Å². The van der Waals surface area contributed by atoms with Crippen LogP contribution in [0.15, 0.2) is 9.59 Å². The summed E-state index contributed by atoms with van der Waals surface area (Å²) >= 11 is 1.23. The third kappa shape index (κ3) is 1.64. The summed E-state index contributed by atoms with van der Waals surface area (Å²) in [6.45, 7) is 6.18. The first kappa shape index (κ1) is 13.3. The Morgan fingerprint density at radius 1 is 1.40 bits per heavy atom. The second kappa shape index (κ2) is 4.41. The monoisotopic (exact) mass is 292 g/mol. The summed E-state index contributed by atoms with van der Waals surface area (Å²) < 4.78 is 2.98. The van der Waals surface area contributed by atoms with Crippen LogP contribution in [0.5, 0.6) is 0 Å². The molecule has 0 unspecified atom stereocenters. The van der Waals surface area contributed by atoms with E-state index < -0.39 is 0 Å². The zero-order chi connectivity index (χ0) is 14.6. The highest BCUT2D eigenvalue weighted by atomic mass is 32.1. The van der Waals surface area contributed by atoms with Gasteiger partial charge in [-0.15, -0.1) is 11.3 Å². The van der Waals surface area contributed by atoms with Crippen LogP contribution in [0.2, 0.25) is 0 Å². The molecule has 1 aliphatic carbocycles. The highest BCUT2D eigenvalue weighted by molar-refractivity contribution is 7.20. The first-order valence-electron chi connectivity index (χ1n) is 6.74. The van der Waals surface area contributed by atoms with Crippen molar-refractivity contribution in [2.45, 2.75) is 39.8 Å². The molecule has 1 fully saturated rings. The number of aromatic nitrogens is 2. The number of aldehydes is 1. The molecule has 0 aromatic carbocycles. The second-order valence-corrected chi connectivity index (χ2v) is 6.40. The van der Waals surface area contributed by atoms with Gasteiger partial charge in [-0.25, -0.2) is 4.79 Å². The molecule has 0 aliphatic heterocycles. The van der Waals surface area contributed by atoms with Crippen molar-refractivity contribution in [1.82, 2.24) is 9.13 Å². The Kier molecular flexibility index (Phi) is 2.93. The first-order chi connectivity index (χ1) is 9.51. The van der Waals surface area contributed by atoms with Gasteiger partial charge in [-0.3, -0.25) is 18.7 Å². The van der Waals surface area contributed by atoms with Gasteiger partial charge in [-0.1, -0.05) is 6.92 Å². The number of fused-ring (bicyclic) bond motifs is 1. The average Bonchev–Trinajstić information content (AvgIpc) is 3.01. The van der Waals surface area contributed by atoms with Crippen LogP contribution in [0.1, 0.15) is 41.5 Å². The van der Waals surface area contributed by atoms with Crippen LogP contribution in [0.4, 0.5) is 0 Å². The van der Waals surface area contributed by atoms with Crippen LogP contribution in [0.25, 0.3) is 10.2 Å². The summed E-state index contributed by atoms with van der Waals surface area (Å²) in [5.41, 5.74) is 0.193. The van der Waals surface area contributed by atoms with Crippen molar-refractivity contribution in [2.24, 2.45) is 5.92 Å². The van der Waals surface area contributed by atoms with E-state index in [-0.39, 0.29) is 17.3 Å². The molecule has 0 radical (unpaired) electrons. The topological polar surface area (TPSA) is 61.1 Å². The molecule has 1 saturated carbocycles. The molecule has 3 rings (SSSR count). The number of carbonyl (C=O) groups excluding carboxylic acids is 1. The zero-order valence-electron chi connectivity index (χ0n) is 11.7. The van der Waals surface area contributed by atoms with E-state index in [0.717, 1.165) is 12.7 Å². The molecule has 2 atom stereocenters. The fourth-order valence-corrected chi connectivity index (χ4v) is 3.90. The van der Waals surface area contributed by atoms with Gasteiger partial charge in [0.2, 0.25) is 0 Å². The standard InChI is InChI=1S/C14H16N2O3S/c1-4-15-13-11(8(3)10(6-17)20-13)12(18)16(14(15)19)9-5-7(9)2/h6-7,9H,4-5H2,1-3H3/t7-,9-/m0/s1. The molecule has 2 aromatic rings. The summed E-state index contributed by atoms with van der Waals surface area (Å²) in [6, 6.07) is 0.0104. The molecule has 1 aliphatic rings. The molecule has 20 heavy (non-hydrogen) atoms. The lowest BCUT2D eigenvalue weighted by molar-refractivity contribution is 0.112. The Morgan fingerprint density at radius 2 is 2.05 bits per heavy atom. The van der Waals surface area contributed by atoms with Gasteiger partial charge in [-0.05, 0) is 31.7 Å². The van der Waals surface area contributed by atoms with Crippen molar-refractivity contribution < 1.29 is 4.79 Å². The predicted octanol–water partition coefficient (Wildman–Crippen LogP) is 1.95. The number of aryl methyl sites for hydroxylation is 2. The lowest BCUT2D eigenvalue weighted by Gasteiger charge is -2.09. The van der Waals surface area contributed by atoms with Crippen LogP contribution in [0.3, 0.4) is 0 Å². The SMILES string of the molecule is CCn1c(=O)n([C@H]2C[C@@H]2C)c(=O)c2c(C)c(C=O)sc21. The van der Waals surface area contributed by atoms with E-state index in [1.807, 2.05) is 13.8 Å². The minimum atomic E-state index is -0.252. The molecule has 5 nitrogen and oxygen atoms in total. The molecule has 0 bridgehead atoms. The van der Waals surface area contributed by atoms with Gasteiger partial charge in [0.25, 0.3) is 5.56 Å². The molecule has 6 heteroatoms. The molecular weight excluding hydrogens is 276 g/mol. The minimum Gasteiger partial charge on any atom is -0.297 e. The van der Waals surface area contributed by atoms with E-state index in [4.69, 9.17) is 0 Å². The Hall–Kier alpha value is -1.69. The third-order valence-corrected chi connectivity index (χ3v) is 5.34. The predicted molar refractivity (Wildman–Crippen MR) is 79.0 cm³/mol. The smallest absolute Gasteiger partial charge is 0.297 e. The van der Waals surface area contributed by atoms with Gasteiger partial charge in [0.1, 0.15) is 4.83 Å². The van der Waals surface area contributed by atoms with E-state index in [9.17, 15) is 14.4 Å². The highest BCUT2D eigenvalue weighted by Crippen LogP contribution is 2.41. The average molecular weight is 292 g/mol. The molecule has 2 aromatic heterocycles. The van der Waals surface area contributed by atoms with Crippen molar-refractivity contribution in [1.29, 1.82) is 0 Å². The Morgan fingerprint density at radius 3 is 2.55 bits per heavy atom. The van der Waals surface area contributed by atoms with Gasteiger partial charge in [0.05, 0.1) is 10.3 Å². The van der Waals surface area contributed by atoms with Crippen LogP contribution in [-0.4, -0.2) is 15.4 Å². The van der Waals surface area contributed by atoms with Crippen molar-refractivity contribution in [3.8, 4) is 0 Å². The summed E-state index contributed by atoms with van der Waals surface area (Å²) in [5, 5.41) is 0.526. The highest BCUT2D eigenvalue weighted by Gasteiger charge is 2.37. The van der Waals surface area contributed by atoms with Crippen LogP contribution < -0.4 is 11.2 Å². The summed E-state index contributed by atoms with van der Waals surface area (Å²) in [4.78, 5) is 37.4. The van der Waals surface area contributed by atoms with Crippen molar-refractivity contribution >= 4 is 27.8 Å². The molecule has 106 valence electrons. The number of hydrogen-bond donors (Lipinski definition) is 0. The van der Waals surface area contributed by atoms with Gasteiger partial charge in [-0.2, -0.15) is 0 Å². The molecule has 0 spiro atoms. The zero-order valence-corrected chi connectivity index (χ0v) is 12.5. The maximum atomic E-state index is 12.6. The van der Waals surface area contributed by atoms with E-state index in [2.05, 4.69) is 0 Å². The maximum Gasteiger partial charge on any atom is 0.332 e. The maximum absolute atomic E-state index is 12.6. The normalized spacial score (nSPS) is 21.4. The van der Waals surface area contributed by atoms with Gasteiger partial charge in [0.15, 0.2) is 6.29 Å². The molecule has 0 amide bonds. The van der Waals surface area contributed by atoms with Gasteiger partial charge < -0.3 is 0 Å². The minimum absolute atomic E-state index is 0.0104. The van der Waals surface area contributed by atoms with Crippen molar-refractivity contribution in [3.05, 3.63) is 31.3 Å². The Bertz CT molecular complexity index is 828. The van der Waals surface area contributed by atoms with Crippen LogP contribution in [-0.2, 0) is 6.54 Å². The Labute approximate surface area is 119 Å². The van der Waals surface area contributed by atoms with E-state index in [1.54, 1.807) is 11.5 Å². The molecule has 0 N–H and O–H groups in total. The summed E-state index contributed by atoms with van der Waals surface area (Å²) in [5.74, 6) is 0.368. The van der Waals surface area contributed by atoms with E-state index in [1.165, 1.54) is 15.9 Å². The summed E-state index contributed by atoms with van der Waals surface area (Å²) in [6.07, 6.45) is 1.63. The first-order valence-corrected chi connectivity index (χ1v) is 7.56. The Balaban J connectivity index is 2.48. The van der Waals surface area contributed by atoms with Crippen molar-refractivity contribution in [3.63, 3.8) is 0 Å². The number of nitrogens with zero attached hydrogens (tertiary/aromatic N) is 2. The number of rotatable bonds is 3. The second-order valence-electron chi connectivity index (χ2n) is 5.37. The third-order valence-electron chi connectivity index (χ3n) is 4.10. The van der Waals surface area contributed by atoms with Crippen LogP contribution >= 0.6 is 11.3 Å². The van der Waals surface area contributed by atoms with E-state index >= 15 is 0 Å². The summed E-state index contributed by atoms with van der Waals surface area (Å²) in [7, 11) is 0. The fourth-order valence-electron chi connectivity index (χ4n) is 2.73. The van der Waals surface area contributed by atoms with Gasteiger partial charge >= 0.3 is 5.69 Å². The molecule has 2 heterocycles. The number of hydrogen-bond acceptors (Lipinski definition) is 4. The molecular formula is C14H16N2O3S. The lowest BCUT2D eigenvalue weighted by Crippen LogP contribution is -2.39. The largest absolute Gasteiger partial charge is 0.332 e. The van der Waals surface area contributed by atoms with Crippen LogP contribution in [0, 0.1) is 12.8 Å². The quantitative estimate of drug-likeness (QED) is 0.812. The van der Waals surface area contributed by atoms with Gasteiger partial charge in [0, 0.05) is 12.6 Å².